The number of fused-ring (bicyclic) bond motifs is 1. The molecule has 2 aromatic carbocycles. The SMILES string of the molecule is ClCc1nc2ccc(Cl)cc2c(-c2ccccc2Cl)c1Cl. The fourth-order valence-corrected chi connectivity index (χ4v) is 3.26. The molecule has 0 atom stereocenters. The van der Waals surface area contributed by atoms with Gasteiger partial charge in [0.05, 0.1) is 22.1 Å². The van der Waals surface area contributed by atoms with Crippen molar-refractivity contribution in [3.05, 3.63) is 63.2 Å². The molecule has 0 N–H and O–H groups in total. The van der Waals surface area contributed by atoms with Gasteiger partial charge in [-0.3, -0.25) is 0 Å². The Kier molecular flexibility index (Phi) is 4.28. The van der Waals surface area contributed by atoms with Crippen molar-refractivity contribution in [1.82, 2.24) is 4.98 Å². The van der Waals surface area contributed by atoms with Crippen LogP contribution in [0, 0.1) is 0 Å². The summed E-state index contributed by atoms with van der Waals surface area (Å²) in [5.74, 6) is 0.231. The maximum absolute atomic E-state index is 6.50. The standard InChI is InChI=1S/C16H9Cl4N/c17-8-14-16(20)15(10-3-1-2-4-12(10)19)11-7-9(18)5-6-13(11)21-14/h1-7H,8H2. The second kappa shape index (κ2) is 6.02. The van der Waals surface area contributed by atoms with Crippen LogP contribution in [0.2, 0.25) is 15.1 Å². The molecule has 0 bridgehead atoms. The fraction of sp³-hybridized carbons (Fsp3) is 0.0625. The van der Waals surface area contributed by atoms with E-state index < -0.39 is 0 Å². The first-order valence-corrected chi connectivity index (χ1v) is 7.87. The summed E-state index contributed by atoms with van der Waals surface area (Å²) in [5.41, 5.74) is 3.06. The van der Waals surface area contributed by atoms with Crippen molar-refractivity contribution in [1.29, 1.82) is 0 Å². The zero-order valence-corrected chi connectivity index (χ0v) is 13.7. The van der Waals surface area contributed by atoms with Crippen LogP contribution in [-0.2, 0) is 5.88 Å². The molecule has 0 spiro atoms. The first kappa shape index (κ1) is 14.9. The molecule has 0 unspecified atom stereocenters. The second-order valence-electron chi connectivity index (χ2n) is 4.52. The molecular weight excluding hydrogens is 348 g/mol. The number of halogens is 4. The normalized spacial score (nSPS) is 11.0. The number of hydrogen-bond donors (Lipinski definition) is 0. The molecule has 1 nitrogen and oxygen atoms in total. The first-order chi connectivity index (χ1) is 10.1. The Morgan fingerprint density at radius 1 is 0.952 bits per heavy atom. The van der Waals surface area contributed by atoms with Crippen LogP contribution in [0.3, 0.4) is 0 Å². The van der Waals surface area contributed by atoms with Crippen LogP contribution in [0.1, 0.15) is 5.69 Å². The Morgan fingerprint density at radius 2 is 1.71 bits per heavy atom. The monoisotopic (exact) mass is 355 g/mol. The topological polar surface area (TPSA) is 12.9 Å². The van der Waals surface area contributed by atoms with Gasteiger partial charge in [0.15, 0.2) is 0 Å². The number of pyridine rings is 1. The highest BCUT2D eigenvalue weighted by Gasteiger charge is 2.16. The fourth-order valence-electron chi connectivity index (χ4n) is 2.28. The lowest BCUT2D eigenvalue weighted by Crippen LogP contribution is -1.94. The Balaban J connectivity index is 2.46. The summed E-state index contributed by atoms with van der Waals surface area (Å²) in [7, 11) is 0. The lowest BCUT2D eigenvalue weighted by atomic mass is 10.00. The van der Waals surface area contributed by atoms with Crippen LogP contribution >= 0.6 is 46.4 Å². The van der Waals surface area contributed by atoms with Crippen molar-refractivity contribution in [3.8, 4) is 11.1 Å². The van der Waals surface area contributed by atoms with E-state index >= 15 is 0 Å². The zero-order chi connectivity index (χ0) is 15.0. The molecule has 0 saturated heterocycles. The molecule has 21 heavy (non-hydrogen) atoms. The highest BCUT2D eigenvalue weighted by molar-refractivity contribution is 6.39. The number of aromatic nitrogens is 1. The first-order valence-electron chi connectivity index (χ1n) is 6.20. The van der Waals surface area contributed by atoms with Crippen molar-refractivity contribution >= 4 is 57.3 Å². The van der Waals surface area contributed by atoms with E-state index in [9.17, 15) is 0 Å². The molecular formula is C16H9Cl4N. The molecule has 3 rings (SSSR count). The van der Waals surface area contributed by atoms with Gasteiger partial charge < -0.3 is 0 Å². The minimum Gasteiger partial charge on any atom is -0.250 e. The Hall–Kier alpha value is -0.990. The maximum atomic E-state index is 6.50. The van der Waals surface area contributed by atoms with E-state index in [1.165, 1.54) is 0 Å². The van der Waals surface area contributed by atoms with Crippen LogP contribution < -0.4 is 0 Å². The Labute approximate surface area is 142 Å². The van der Waals surface area contributed by atoms with Gasteiger partial charge >= 0.3 is 0 Å². The zero-order valence-electron chi connectivity index (χ0n) is 10.7. The van der Waals surface area contributed by atoms with Crippen LogP contribution in [0.25, 0.3) is 22.0 Å². The van der Waals surface area contributed by atoms with E-state index in [0.717, 1.165) is 22.0 Å². The van der Waals surface area contributed by atoms with Gasteiger partial charge in [0.2, 0.25) is 0 Å². The largest absolute Gasteiger partial charge is 0.250 e. The molecule has 0 aliphatic heterocycles. The predicted octanol–water partition coefficient (Wildman–Crippen LogP) is 6.60. The molecule has 0 aliphatic carbocycles. The van der Waals surface area contributed by atoms with Crippen molar-refractivity contribution in [2.45, 2.75) is 5.88 Å². The van der Waals surface area contributed by atoms with Crippen LogP contribution in [0.15, 0.2) is 42.5 Å². The summed E-state index contributed by atoms with van der Waals surface area (Å²) in [6, 6.07) is 13.0. The third-order valence-electron chi connectivity index (χ3n) is 3.23. The van der Waals surface area contributed by atoms with Gasteiger partial charge in [0.25, 0.3) is 0 Å². The van der Waals surface area contributed by atoms with Crippen molar-refractivity contribution in [3.63, 3.8) is 0 Å². The van der Waals surface area contributed by atoms with Gasteiger partial charge in [-0.1, -0.05) is 53.0 Å². The number of nitrogens with zero attached hydrogens (tertiary/aromatic N) is 1. The molecule has 106 valence electrons. The maximum Gasteiger partial charge on any atom is 0.0751 e. The second-order valence-corrected chi connectivity index (χ2v) is 6.01. The quantitative estimate of drug-likeness (QED) is 0.471. The summed E-state index contributed by atoms with van der Waals surface area (Å²) in [4.78, 5) is 4.48. The number of rotatable bonds is 2. The number of hydrogen-bond acceptors (Lipinski definition) is 1. The summed E-state index contributed by atoms with van der Waals surface area (Å²) in [5, 5.41) is 2.60. The van der Waals surface area contributed by atoms with Crippen LogP contribution in [-0.4, -0.2) is 4.98 Å². The van der Waals surface area contributed by atoms with E-state index in [4.69, 9.17) is 46.4 Å². The minimum atomic E-state index is 0.231. The van der Waals surface area contributed by atoms with Gasteiger partial charge in [-0.15, -0.1) is 11.6 Å². The molecule has 0 fully saturated rings. The lowest BCUT2D eigenvalue weighted by molar-refractivity contribution is 1.22. The third kappa shape index (κ3) is 2.72. The molecule has 3 aromatic rings. The van der Waals surface area contributed by atoms with Crippen LogP contribution in [0.4, 0.5) is 0 Å². The minimum absolute atomic E-state index is 0.231. The Morgan fingerprint density at radius 3 is 2.43 bits per heavy atom. The number of alkyl halides is 1. The van der Waals surface area contributed by atoms with E-state index in [-0.39, 0.29) is 5.88 Å². The molecule has 1 heterocycles. The summed E-state index contributed by atoms with van der Waals surface area (Å²) in [6.07, 6.45) is 0. The summed E-state index contributed by atoms with van der Waals surface area (Å²) in [6.45, 7) is 0. The van der Waals surface area contributed by atoms with Gasteiger partial charge in [-0.05, 0) is 24.3 Å². The Bertz CT molecular complexity index is 830. The molecule has 0 radical (unpaired) electrons. The molecule has 0 saturated carbocycles. The average molecular weight is 357 g/mol. The van der Waals surface area contributed by atoms with Crippen molar-refractivity contribution in [2.75, 3.05) is 0 Å². The van der Waals surface area contributed by atoms with Gasteiger partial charge in [0, 0.05) is 26.6 Å². The highest BCUT2D eigenvalue weighted by atomic mass is 35.5. The average Bonchev–Trinajstić information content (AvgIpc) is 2.48. The van der Waals surface area contributed by atoms with Crippen molar-refractivity contribution < 1.29 is 0 Å². The third-order valence-corrected chi connectivity index (χ3v) is 4.45. The van der Waals surface area contributed by atoms with E-state index in [0.29, 0.717) is 20.8 Å². The van der Waals surface area contributed by atoms with Crippen molar-refractivity contribution in [2.24, 2.45) is 0 Å². The molecule has 5 heteroatoms. The summed E-state index contributed by atoms with van der Waals surface area (Å²) >= 11 is 24.9. The van der Waals surface area contributed by atoms with Gasteiger partial charge in [0.1, 0.15) is 0 Å². The van der Waals surface area contributed by atoms with Crippen LogP contribution in [0.5, 0.6) is 0 Å². The molecule has 0 aliphatic rings. The number of benzene rings is 2. The van der Waals surface area contributed by atoms with E-state index in [1.807, 2.05) is 36.4 Å². The highest BCUT2D eigenvalue weighted by Crippen LogP contribution is 2.40. The predicted molar refractivity (Wildman–Crippen MR) is 91.8 cm³/mol. The molecule has 0 amide bonds. The van der Waals surface area contributed by atoms with Gasteiger partial charge in [-0.25, -0.2) is 4.98 Å². The van der Waals surface area contributed by atoms with E-state index in [2.05, 4.69) is 4.98 Å². The smallest absolute Gasteiger partial charge is 0.0751 e. The lowest BCUT2D eigenvalue weighted by Gasteiger charge is -2.13. The van der Waals surface area contributed by atoms with Gasteiger partial charge in [-0.2, -0.15) is 0 Å². The van der Waals surface area contributed by atoms with E-state index in [1.54, 1.807) is 6.07 Å². The molecule has 1 aromatic heterocycles. The summed E-state index contributed by atoms with van der Waals surface area (Å²) < 4.78 is 0.